The van der Waals surface area contributed by atoms with Crippen LogP contribution < -0.4 is 11.1 Å². The maximum Gasteiger partial charge on any atom is 0.270 e. The zero-order valence-corrected chi connectivity index (χ0v) is 13.5. The van der Waals surface area contributed by atoms with E-state index < -0.39 is 0 Å². The number of hydrogen-bond acceptors (Lipinski definition) is 4. The van der Waals surface area contributed by atoms with E-state index in [-0.39, 0.29) is 36.8 Å². The molecule has 1 saturated carbocycles. The number of carbonyl (C=O) groups excluding carboxylic acids is 1. The zero-order chi connectivity index (χ0) is 12.4. The molecular weight excluding hydrogens is 305 g/mol. The first-order chi connectivity index (χ1) is 8.08. The van der Waals surface area contributed by atoms with Crippen molar-refractivity contribution in [1.82, 2.24) is 10.3 Å². The minimum absolute atomic E-state index is 0. The van der Waals surface area contributed by atoms with E-state index in [2.05, 4.69) is 24.1 Å². The molecule has 2 rings (SSSR count). The second-order valence-corrected chi connectivity index (χ2v) is 5.83. The highest BCUT2D eigenvalue weighted by molar-refractivity contribution is 7.09. The van der Waals surface area contributed by atoms with Crippen molar-refractivity contribution in [2.45, 2.75) is 38.6 Å². The number of hydrogen-bond donors (Lipinski definition) is 2. The Morgan fingerprint density at radius 3 is 2.63 bits per heavy atom. The molecule has 0 aromatic carbocycles. The minimum Gasteiger partial charge on any atom is -0.349 e. The van der Waals surface area contributed by atoms with E-state index in [0.29, 0.717) is 24.1 Å². The van der Waals surface area contributed by atoms with Crippen LogP contribution in [0.4, 0.5) is 0 Å². The summed E-state index contributed by atoms with van der Waals surface area (Å²) in [5, 5.41) is 5.67. The normalized spacial score (nSPS) is 15.4. The fourth-order valence-electron chi connectivity index (χ4n) is 1.65. The highest BCUT2D eigenvalue weighted by Crippen LogP contribution is 2.31. The van der Waals surface area contributed by atoms with Crippen LogP contribution in [0.15, 0.2) is 5.38 Å². The molecule has 1 heterocycles. The predicted molar refractivity (Wildman–Crippen MR) is 83.7 cm³/mol. The minimum atomic E-state index is -0.107. The summed E-state index contributed by atoms with van der Waals surface area (Å²) in [5.41, 5.74) is 6.44. The van der Waals surface area contributed by atoms with Gasteiger partial charge in [-0.05, 0) is 18.8 Å². The van der Waals surface area contributed by atoms with Crippen molar-refractivity contribution < 1.29 is 4.79 Å². The van der Waals surface area contributed by atoms with Gasteiger partial charge in [-0.25, -0.2) is 4.98 Å². The summed E-state index contributed by atoms with van der Waals surface area (Å²) in [6.07, 6.45) is 2.40. The lowest BCUT2D eigenvalue weighted by Crippen LogP contribution is -2.38. The van der Waals surface area contributed by atoms with Gasteiger partial charge in [0, 0.05) is 23.9 Å². The Labute approximate surface area is 130 Å². The van der Waals surface area contributed by atoms with Crippen molar-refractivity contribution in [3.8, 4) is 0 Å². The third kappa shape index (κ3) is 5.26. The molecule has 4 nitrogen and oxygen atoms in total. The van der Waals surface area contributed by atoms with Gasteiger partial charge >= 0.3 is 0 Å². The molecular formula is C12H21Cl2N3OS. The molecule has 1 atom stereocenters. The molecule has 1 aliphatic rings. The van der Waals surface area contributed by atoms with Gasteiger partial charge in [0.1, 0.15) is 5.69 Å². The third-order valence-corrected chi connectivity index (χ3v) is 4.12. The number of amides is 1. The number of carbonyl (C=O) groups is 1. The first-order valence-corrected chi connectivity index (χ1v) is 6.95. The highest BCUT2D eigenvalue weighted by Gasteiger charge is 2.28. The maximum absolute atomic E-state index is 11.8. The second kappa shape index (κ2) is 8.04. The molecule has 1 amide bonds. The number of rotatable bonds is 5. The monoisotopic (exact) mass is 325 g/mol. The average molecular weight is 326 g/mol. The van der Waals surface area contributed by atoms with Gasteiger partial charge < -0.3 is 11.1 Å². The van der Waals surface area contributed by atoms with Gasteiger partial charge in [0.05, 0.1) is 5.01 Å². The van der Waals surface area contributed by atoms with Gasteiger partial charge in [-0.2, -0.15) is 0 Å². The van der Waals surface area contributed by atoms with Crippen molar-refractivity contribution >= 4 is 42.1 Å². The number of nitrogens with one attached hydrogen (secondary N) is 1. The van der Waals surface area contributed by atoms with E-state index >= 15 is 0 Å². The van der Waals surface area contributed by atoms with Crippen LogP contribution in [0.5, 0.6) is 0 Å². The fourth-order valence-corrected chi connectivity index (χ4v) is 2.46. The van der Waals surface area contributed by atoms with Gasteiger partial charge in [0.2, 0.25) is 0 Å². The van der Waals surface area contributed by atoms with Crippen molar-refractivity contribution in [3.05, 3.63) is 16.1 Å². The quantitative estimate of drug-likeness (QED) is 0.874. The summed E-state index contributed by atoms with van der Waals surface area (Å²) >= 11 is 1.54. The van der Waals surface area contributed by atoms with Crippen LogP contribution in [0, 0.1) is 5.92 Å². The molecule has 1 unspecified atom stereocenters. The standard InChI is InChI=1S/C12H19N3OS.2ClH/c1-7(2)12-15-10(6-17-12)11(16)14-5-9(13)8-3-4-8;;/h6-9H,3-5,13H2,1-2H3,(H,14,16);2*1H. The molecule has 0 saturated heterocycles. The highest BCUT2D eigenvalue weighted by atomic mass is 35.5. The lowest BCUT2D eigenvalue weighted by Gasteiger charge is -2.10. The lowest BCUT2D eigenvalue weighted by molar-refractivity contribution is 0.0946. The topological polar surface area (TPSA) is 68.0 Å². The number of thiazole rings is 1. The second-order valence-electron chi connectivity index (χ2n) is 4.94. The van der Waals surface area contributed by atoms with Crippen molar-refractivity contribution in [2.75, 3.05) is 6.54 Å². The molecule has 1 aromatic heterocycles. The van der Waals surface area contributed by atoms with Crippen LogP contribution in [0.25, 0.3) is 0 Å². The predicted octanol–water partition coefficient (Wildman–Crippen LogP) is 2.58. The van der Waals surface area contributed by atoms with Gasteiger partial charge in [0.25, 0.3) is 5.91 Å². The van der Waals surface area contributed by atoms with Crippen LogP contribution in [0.3, 0.4) is 0 Å². The van der Waals surface area contributed by atoms with Crippen LogP contribution in [0.1, 0.15) is 48.1 Å². The first kappa shape index (κ1) is 18.6. The molecule has 0 bridgehead atoms. The van der Waals surface area contributed by atoms with Crippen molar-refractivity contribution in [3.63, 3.8) is 0 Å². The zero-order valence-electron chi connectivity index (χ0n) is 11.1. The molecule has 0 spiro atoms. The Hall–Kier alpha value is -0.360. The SMILES string of the molecule is CC(C)c1nc(C(=O)NCC(N)C2CC2)cs1.Cl.Cl. The maximum atomic E-state index is 11.8. The molecule has 1 fully saturated rings. The summed E-state index contributed by atoms with van der Waals surface area (Å²) in [5.74, 6) is 0.872. The number of nitrogens with two attached hydrogens (primary N) is 1. The van der Waals surface area contributed by atoms with Gasteiger partial charge in [-0.1, -0.05) is 13.8 Å². The molecule has 7 heteroatoms. The Balaban J connectivity index is 0.00000162. The third-order valence-electron chi connectivity index (χ3n) is 2.97. The van der Waals surface area contributed by atoms with Gasteiger partial charge in [0.15, 0.2) is 0 Å². The van der Waals surface area contributed by atoms with E-state index in [4.69, 9.17) is 5.73 Å². The van der Waals surface area contributed by atoms with Gasteiger partial charge in [-0.3, -0.25) is 4.79 Å². The van der Waals surface area contributed by atoms with Crippen molar-refractivity contribution in [1.29, 1.82) is 0 Å². The Bertz CT molecular complexity index is 407. The molecule has 110 valence electrons. The molecule has 0 radical (unpaired) electrons. The van der Waals surface area contributed by atoms with E-state index in [1.54, 1.807) is 0 Å². The van der Waals surface area contributed by atoms with Gasteiger partial charge in [-0.15, -0.1) is 36.2 Å². The lowest BCUT2D eigenvalue weighted by atomic mass is 10.2. The number of halogens is 2. The van der Waals surface area contributed by atoms with Crippen LogP contribution in [-0.2, 0) is 0 Å². The summed E-state index contributed by atoms with van der Waals surface area (Å²) < 4.78 is 0. The molecule has 0 aliphatic heterocycles. The van der Waals surface area contributed by atoms with E-state index in [9.17, 15) is 4.79 Å². The van der Waals surface area contributed by atoms with Crippen LogP contribution in [-0.4, -0.2) is 23.5 Å². The first-order valence-electron chi connectivity index (χ1n) is 6.07. The number of aromatic nitrogens is 1. The Morgan fingerprint density at radius 2 is 2.16 bits per heavy atom. The molecule has 1 aromatic rings. The van der Waals surface area contributed by atoms with E-state index in [1.165, 1.54) is 24.2 Å². The molecule has 3 N–H and O–H groups in total. The number of nitrogens with zero attached hydrogens (tertiary/aromatic N) is 1. The van der Waals surface area contributed by atoms with E-state index in [0.717, 1.165) is 5.01 Å². The molecule has 19 heavy (non-hydrogen) atoms. The smallest absolute Gasteiger partial charge is 0.270 e. The Morgan fingerprint density at radius 1 is 1.53 bits per heavy atom. The molecule has 1 aliphatic carbocycles. The average Bonchev–Trinajstić information content (AvgIpc) is 3.02. The Kier molecular flexibility index (Phi) is 7.89. The van der Waals surface area contributed by atoms with Crippen LogP contribution >= 0.6 is 36.2 Å². The largest absolute Gasteiger partial charge is 0.349 e. The van der Waals surface area contributed by atoms with Crippen molar-refractivity contribution in [2.24, 2.45) is 11.7 Å². The summed E-state index contributed by atoms with van der Waals surface area (Å²) in [4.78, 5) is 16.1. The summed E-state index contributed by atoms with van der Waals surface area (Å²) in [6.45, 7) is 4.70. The summed E-state index contributed by atoms with van der Waals surface area (Å²) in [6, 6.07) is 0.0992. The summed E-state index contributed by atoms with van der Waals surface area (Å²) in [7, 11) is 0. The fraction of sp³-hybridized carbons (Fsp3) is 0.667. The van der Waals surface area contributed by atoms with Crippen LogP contribution in [0.2, 0.25) is 0 Å². The van der Waals surface area contributed by atoms with E-state index in [1.807, 2.05) is 5.38 Å².